The lowest BCUT2D eigenvalue weighted by Gasteiger charge is -2.15. The second-order valence-electron chi connectivity index (χ2n) is 4.77. The van der Waals surface area contributed by atoms with Gasteiger partial charge in [0.2, 0.25) is 0 Å². The van der Waals surface area contributed by atoms with Crippen LogP contribution in [0, 0.1) is 17.5 Å². The van der Waals surface area contributed by atoms with E-state index in [9.17, 15) is 27.9 Å². The third-order valence-corrected chi connectivity index (χ3v) is 3.81. The van der Waals surface area contributed by atoms with E-state index >= 15 is 0 Å². The molecular weight excluding hydrogens is 393 g/mol. The Morgan fingerprint density at radius 2 is 1.88 bits per heavy atom. The number of hydrogen-bond acceptors (Lipinski definition) is 3. The van der Waals surface area contributed by atoms with Crippen LogP contribution < -0.4 is 5.32 Å². The van der Waals surface area contributed by atoms with Gasteiger partial charge >= 0.3 is 5.97 Å². The summed E-state index contributed by atoms with van der Waals surface area (Å²) < 4.78 is 40.5. The van der Waals surface area contributed by atoms with Gasteiger partial charge in [0.05, 0.1) is 0 Å². The third-order valence-electron chi connectivity index (χ3n) is 3.10. The number of carbonyl (C=O) groups is 2. The molecule has 1 atom stereocenters. The van der Waals surface area contributed by atoms with Gasteiger partial charge in [-0.15, -0.1) is 0 Å². The first-order valence-corrected chi connectivity index (χ1v) is 7.36. The van der Waals surface area contributed by atoms with Crippen molar-refractivity contribution in [3.63, 3.8) is 0 Å². The second kappa shape index (κ2) is 7.43. The normalized spacial score (nSPS) is 11.8. The Balaban J connectivity index is 2.24. The molecule has 1 heterocycles. The van der Waals surface area contributed by atoms with E-state index in [1.165, 1.54) is 6.20 Å². The number of nitrogens with zero attached hydrogens (tertiary/aromatic N) is 1. The third kappa shape index (κ3) is 4.10. The Hall–Kier alpha value is -2.42. The first-order valence-electron chi connectivity index (χ1n) is 6.57. The fourth-order valence-electron chi connectivity index (χ4n) is 1.98. The van der Waals surface area contributed by atoms with Gasteiger partial charge in [0.25, 0.3) is 5.91 Å². The van der Waals surface area contributed by atoms with Gasteiger partial charge in [0, 0.05) is 24.8 Å². The highest BCUT2D eigenvalue weighted by Gasteiger charge is 2.26. The minimum absolute atomic E-state index is 0.167. The standard InChI is InChI=1S/C15H10BrF3N2O3/c16-13-7(2-1-3-20-13)4-11(15(23)24)21-14(22)12-9(18)5-8(17)6-10(12)19/h1-3,5-6,11H,4H2,(H,21,22)(H,23,24)/t11-/m1/s1. The SMILES string of the molecule is O=C(N[C@H](Cc1cccnc1Br)C(=O)O)c1c(F)cc(F)cc1F. The van der Waals surface area contributed by atoms with E-state index in [2.05, 4.69) is 20.9 Å². The molecule has 0 saturated heterocycles. The minimum atomic E-state index is -1.46. The Bertz CT molecular complexity index is 778. The highest BCUT2D eigenvalue weighted by Crippen LogP contribution is 2.17. The molecule has 0 aliphatic rings. The summed E-state index contributed by atoms with van der Waals surface area (Å²) in [5.41, 5.74) is -0.571. The zero-order valence-corrected chi connectivity index (χ0v) is 13.5. The smallest absolute Gasteiger partial charge is 0.326 e. The molecule has 24 heavy (non-hydrogen) atoms. The van der Waals surface area contributed by atoms with Crippen LogP contribution in [0.4, 0.5) is 13.2 Å². The lowest BCUT2D eigenvalue weighted by atomic mass is 10.1. The number of rotatable bonds is 5. The number of carboxylic acid groups (broad SMARTS) is 1. The van der Waals surface area contributed by atoms with Crippen LogP contribution in [0.5, 0.6) is 0 Å². The summed E-state index contributed by atoms with van der Waals surface area (Å²) in [5.74, 6) is -6.72. The maximum absolute atomic E-state index is 13.6. The number of aromatic nitrogens is 1. The van der Waals surface area contributed by atoms with Crippen LogP contribution in [0.3, 0.4) is 0 Å². The number of hydrogen-bond donors (Lipinski definition) is 2. The summed E-state index contributed by atoms with van der Waals surface area (Å²) >= 11 is 3.14. The Morgan fingerprint density at radius 1 is 1.25 bits per heavy atom. The van der Waals surface area contributed by atoms with Crippen molar-refractivity contribution < 1.29 is 27.9 Å². The van der Waals surface area contributed by atoms with E-state index in [1.54, 1.807) is 12.1 Å². The van der Waals surface area contributed by atoms with Gasteiger partial charge in [-0.25, -0.2) is 22.9 Å². The molecule has 5 nitrogen and oxygen atoms in total. The van der Waals surface area contributed by atoms with E-state index < -0.39 is 40.9 Å². The highest BCUT2D eigenvalue weighted by molar-refractivity contribution is 9.10. The maximum atomic E-state index is 13.6. The van der Waals surface area contributed by atoms with Gasteiger partial charge < -0.3 is 10.4 Å². The van der Waals surface area contributed by atoms with E-state index in [4.69, 9.17) is 0 Å². The first-order chi connectivity index (χ1) is 11.3. The number of benzene rings is 1. The summed E-state index contributed by atoms with van der Waals surface area (Å²) in [6.07, 6.45) is 1.31. The molecule has 9 heteroatoms. The lowest BCUT2D eigenvalue weighted by molar-refractivity contribution is -0.139. The maximum Gasteiger partial charge on any atom is 0.326 e. The van der Waals surface area contributed by atoms with Crippen LogP contribution in [0.1, 0.15) is 15.9 Å². The Labute approximate surface area is 142 Å². The molecular formula is C15H10BrF3N2O3. The minimum Gasteiger partial charge on any atom is -0.480 e. The summed E-state index contributed by atoms with van der Waals surface area (Å²) in [7, 11) is 0. The Morgan fingerprint density at radius 3 is 2.42 bits per heavy atom. The lowest BCUT2D eigenvalue weighted by Crippen LogP contribution is -2.43. The number of amides is 1. The summed E-state index contributed by atoms with van der Waals surface area (Å²) in [4.78, 5) is 27.2. The van der Waals surface area contributed by atoms with Gasteiger partial charge in [-0.1, -0.05) is 6.07 Å². The largest absolute Gasteiger partial charge is 0.480 e. The molecule has 2 rings (SSSR count). The van der Waals surface area contributed by atoms with Crippen LogP contribution in [0.25, 0.3) is 0 Å². The van der Waals surface area contributed by atoms with Crippen LogP contribution in [-0.2, 0) is 11.2 Å². The van der Waals surface area contributed by atoms with Crippen LogP contribution >= 0.6 is 15.9 Å². The highest BCUT2D eigenvalue weighted by atomic mass is 79.9. The van der Waals surface area contributed by atoms with Crippen LogP contribution in [0.15, 0.2) is 35.1 Å². The predicted molar refractivity (Wildman–Crippen MR) is 80.8 cm³/mol. The van der Waals surface area contributed by atoms with Gasteiger partial charge in [0.1, 0.15) is 33.7 Å². The average Bonchev–Trinajstić information content (AvgIpc) is 2.47. The molecule has 0 unspecified atom stereocenters. The fourth-order valence-corrected chi connectivity index (χ4v) is 2.39. The number of nitrogens with one attached hydrogen (secondary N) is 1. The van der Waals surface area contributed by atoms with Gasteiger partial charge in [-0.05, 0) is 27.6 Å². The first kappa shape index (κ1) is 17.9. The zero-order valence-electron chi connectivity index (χ0n) is 11.9. The molecule has 1 aromatic heterocycles. The van der Waals surface area contributed by atoms with Gasteiger partial charge in [0.15, 0.2) is 0 Å². The van der Waals surface area contributed by atoms with E-state index in [0.717, 1.165) is 0 Å². The summed E-state index contributed by atoms with van der Waals surface area (Å²) in [5, 5.41) is 11.2. The van der Waals surface area contributed by atoms with E-state index in [-0.39, 0.29) is 6.42 Å². The number of carbonyl (C=O) groups excluding carboxylic acids is 1. The molecule has 126 valence electrons. The van der Waals surface area contributed by atoms with Crippen LogP contribution in [-0.4, -0.2) is 28.0 Å². The van der Waals surface area contributed by atoms with E-state index in [0.29, 0.717) is 22.3 Å². The van der Waals surface area contributed by atoms with Gasteiger partial charge in [-0.2, -0.15) is 0 Å². The molecule has 0 aliphatic carbocycles. The van der Waals surface area contributed by atoms with Crippen molar-refractivity contribution in [2.24, 2.45) is 0 Å². The zero-order chi connectivity index (χ0) is 17.9. The molecule has 0 radical (unpaired) electrons. The molecule has 1 amide bonds. The van der Waals surface area contributed by atoms with Crippen molar-refractivity contribution in [1.82, 2.24) is 10.3 Å². The van der Waals surface area contributed by atoms with Crippen LogP contribution in [0.2, 0.25) is 0 Å². The average molecular weight is 403 g/mol. The number of pyridine rings is 1. The Kier molecular flexibility index (Phi) is 5.55. The van der Waals surface area contributed by atoms with Crippen molar-refractivity contribution in [2.45, 2.75) is 12.5 Å². The van der Waals surface area contributed by atoms with Crippen molar-refractivity contribution >= 4 is 27.8 Å². The van der Waals surface area contributed by atoms with Crippen molar-refractivity contribution in [1.29, 1.82) is 0 Å². The molecule has 1 aromatic carbocycles. The molecule has 0 aliphatic heterocycles. The molecule has 0 fully saturated rings. The molecule has 2 aromatic rings. The topological polar surface area (TPSA) is 79.3 Å². The van der Waals surface area contributed by atoms with E-state index in [1.807, 2.05) is 5.32 Å². The molecule has 0 spiro atoms. The summed E-state index contributed by atoms with van der Waals surface area (Å²) in [6.45, 7) is 0. The molecule has 2 N–H and O–H groups in total. The van der Waals surface area contributed by atoms with Crippen molar-refractivity contribution in [2.75, 3.05) is 0 Å². The predicted octanol–water partition coefficient (Wildman–Crippen LogP) is 2.69. The van der Waals surface area contributed by atoms with Crippen molar-refractivity contribution in [3.8, 4) is 0 Å². The fraction of sp³-hybridized carbons (Fsp3) is 0.133. The molecule has 0 saturated carbocycles. The number of halogens is 4. The number of aliphatic carboxylic acids is 1. The number of carboxylic acids is 1. The quantitative estimate of drug-likeness (QED) is 0.753. The monoisotopic (exact) mass is 402 g/mol. The van der Waals surface area contributed by atoms with Crippen molar-refractivity contribution in [3.05, 3.63) is 63.6 Å². The second-order valence-corrected chi connectivity index (χ2v) is 5.52. The molecule has 0 bridgehead atoms. The summed E-state index contributed by atoms with van der Waals surface area (Å²) in [6, 6.07) is 2.37. The van der Waals surface area contributed by atoms with Gasteiger partial charge in [-0.3, -0.25) is 4.79 Å².